The summed E-state index contributed by atoms with van der Waals surface area (Å²) in [6.45, 7) is 5.57. The first-order chi connectivity index (χ1) is 19.0. The van der Waals surface area contributed by atoms with Gasteiger partial charge in [-0.3, -0.25) is 4.72 Å². The van der Waals surface area contributed by atoms with Gasteiger partial charge < -0.3 is 18.9 Å². The molecule has 0 bridgehead atoms. The molecular formula is C24H25Cl2F3N6O5S. The zero-order valence-corrected chi connectivity index (χ0v) is 24.4. The fraction of sp³-hybridized carbons (Fsp3) is 0.417. The molecule has 0 radical (unpaired) electrons. The lowest BCUT2D eigenvalue weighted by Crippen LogP contribution is -2.36. The van der Waals surface area contributed by atoms with E-state index in [1.54, 1.807) is 25.3 Å². The molecule has 17 heteroatoms. The molecule has 1 aliphatic heterocycles. The number of hydrogen-bond donors (Lipinski definition) is 1. The van der Waals surface area contributed by atoms with Gasteiger partial charge in [0.2, 0.25) is 0 Å². The molecule has 3 aromatic rings. The SMILES string of the molecule is CO[C@H]1CN(C(=O)OC(C)(C)C)C[C@@H]1n1cnnc1-c1ncc(Cl)cc1NS(=O)(=O)c1ccc(Cl)c(C(F)(F)F)c1. The van der Waals surface area contributed by atoms with Gasteiger partial charge in [-0.25, -0.2) is 18.2 Å². The van der Waals surface area contributed by atoms with Crippen LogP contribution in [0.4, 0.5) is 23.7 Å². The van der Waals surface area contributed by atoms with E-state index >= 15 is 0 Å². The smallest absolute Gasteiger partial charge is 0.417 e. The first kappa shape index (κ1) is 30.8. The number of ether oxygens (including phenoxy) is 2. The number of methoxy groups -OCH3 is 1. The van der Waals surface area contributed by atoms with E-state index < -0.39 is 55.5 Å². The normalized spacial score (nSPS) is 18.0. The van der Waals surface area contributed by atoms with Crippen LogP contribution in [-0.2, 0) is 25.7 Å². The summed E-state index contributed by atoms with van der Waals surface area (Å²) in [7, 11) is -3.11. The van der Waals surface area contributed by atoms with Crippen molar-refractivity contribution in [3.05, 3.63) is 52.4 Å². The Kier molecular flexibility index (Phi) is 8.47. The molecule has 2 aromatic heterocycles. The standard InChI is InChI=1S/C24H25Cl2F3N6O5S/c1-23(2,3)40-22(36)34-10-18(19(11-34)39-4)35-12-31-32-21(35)20-17(7-13(25)9-30-20)33-41(37,38)14-5-6-16(26)15(8-14)24(27,28)29/h5-9,12,18-19,33H,10-11H2,1-4H3/t18-,19-/m0/s1. The van der Waals surface area contributed by atoms with Crippen LogP contribution in [-0.4, -0.2) is 71.1 Å². The van der Waals surface area contributed by atoms with Crippen LogP contribution in [0.1, 0.15) is 32.4 Å². The zero-order valence-electron chi connectivity index (χ0n) is 22.1. The van der Waals surface area contributed by atoms with Crippen LogP contribution in [0.5, 0.6) is 0 Å². The zero-order chi connectivity index (χ0) is 30.3. The number of likely N-dealkylation sites (tertiary alicyclic amines) is 1. The maximum atomic E-state index is 13.4. The van der Waals surface area contributed by atoms with Crippen LogP contribution < -0.4 is 4.72 Å². The van der Waals surface area contributed by atoms with E-state index in [0.717, 1.165) is 12.1 Å². The predicted octanol–water partition coefficient (Wildman–Crippen LogP) is 5.27. The number of anilines is 1. The molecule has 1 saturated heterocycles. The van der Waals surface area contributed by atoms with Crippen LogP contribution in [0.25, 0.3) is 11.5 Å². The summed E-state index contributed by atoms with van der Waals surface area (Å²) < 4.78 is 81.4. The second kappa shape index (κ2) is 11.3. The second-order valence-electron chi connectivity index (χ2n) is 10.1. The molecule has 41 heavy (non-hydrogen) atoms. The molecule has 1 N–H and O–H groups in total. The van der Waals surface area contributed by atoms with Crippen molar-refractivity contribution < 1.29 is 35.9 Å². The Labute approximate surface area is 243 Å². The number of aromatic nitrogens is 4. The molecule has 0 spiro atoms. The number of carbonyl (C=O) groups is 1. The lowest BCUT2D eigenvalue weighted by Gasteiger charge is -2.24. The summed E-state index contributed by atoms with van der Waals surface area (Å²) in [5.41, 5.74) is -2.23. The number of carbonyl (C=O) groups excluding carboxylic acids is 1. The van der Waals surface area contributed by atoms with Gasteiger partial charge in [-0.15, -0.1) is 10.2 Å². The first-order valence-corrected chi connectivity index (χ1v) is 14.2. The van der Waals surface area contributed by atoms with Crippen molar-refractivity contribution >= 4 is 45.0 Å². The minimum absolute atomic E-state index is 0.0222. The maximum Gasteiger partial charge on any atom is 0.417 e. The quantitative estimate of drug-likeness (QED) is 0.387. The number of pyridine rings is 1. The summed E-state index contributed by atoms with van der Waals surface area (Å²) in [4.78, 5) is 17.7. The van der Waals surface area contributed by atoms with Crippen LogP contribution in [0, 0.1) is 0 Å². The highest BCUT2D eigenvalue weighted by Crippen LogP contribution is 2.37. The van der Waals surface area contributed by atoms with Crippen LogP contribution >= 0.6 is 23.2 Å². The monoisotopic (exact) mass is 636 g/mol. The third-order valence-electron chi connectivity index (χ3n) is 5.99. The average Bonchev–Trinajstić information content (AvgIpc) is 3.49. The highest BCUT2D eigenvalue weighted by atomic mass is 35.5. The molecule has 1 aromatic carbocycles. The number of nitrogens with zero attached hydrogens (tertiary/aromatic N) is 5. The lowest BCUT2D eigenvalue weighted by molar-refractivity contribution is -0.137. The van der Waals surface area contributed by atoms with E-state index in [9.17, 15) is 26.4 Å². The topological polar surface area (TPSA) is 129 Å². The lowest BCUT2D eigenvalue weighted by atomic mass is 10.2. The van der Waals surface area contributed by atoms with Crippen molar-refractivity contribution in [2.75, 3.05) is 24.9 Å². The number of nitrogens with one attached hydrogen (secondary N) is 1. The Morgan fingerprint density at radius 1 is 1.15 bits per heavy atom. The predicted molar refractivity (Wildman–Crippen MR) is 143 cm³/mol. The highest BCUT2D eigenvalue weighted by Gasteiger charge is 2.40. The van der Waals surface area contributed by atoms with Gasteiger partial charge in [-0.05, 0) is 45.0 Å². The van der Waals surface area contributed by atoms with Gasteiger partial charge in [0.25, 0.3) is 10.0 Å². The third kappa shape index (κ3) is 6.85. The van der Waals surface area contributed by atoms with Crippen molar-refractivity contribution in [1.82, 2.24) is 24.6 Å². The van der Waals surface area contributed by atoms with E-state index in [0.29, 0.717) is 6.07 Å². The van der Waals surface area contributed by atoms with Crippen molar-refractivity contribution in [2.24, 2.45) is 0 Å². The number of sulfonamides is 1. The third-order valence-corrected chi connectivity index (χ3v) is 7.89. The molecular weight excluding hydrogens is 612 g/mol. The summed E-state index contributed by atoms with van der Waals surface area (Å²) in [6, 6.07) is 2.92. The van der Waals surface area contributed by atoms with Crippen molar-refractivity contribution in [1.29, 1.82) is 0 Å². The fourth-order valence-electron chi connectivity index (χ4n) is 4.17. The first-order valence-electron chi connectivity index (χ1n) is 12.0. The van der Waals surface area contributed by atoms with E-state index in [4.69, 9.17) is 32.7 Å². The summed E-state index contributed by atoms with van der Waals surface area (Å²) in [5.74, 6) is 0.0875. The summed E-state index contributed by atoms with van der Waals surface area (Å²) in [5, 5.41) is 7.42. The minimum Gasteiger partial charge on any atom is -0.444 e. The number of amides is 1. The Morgan fingerprint density at radius 2 is 1.85 bits per heavy atom. The van der Waals surface area contributed by atoms with E-state index in [-0.39, 0.29) is 35.3 Å². The van der Waals surface area contributed by atoms with Crippen LogP contribution in [0.15, 0.2) is 41.7 Å². The number of benzene rings is 1. The van der Waals surface area contributed by atoms with Crippen molar-refractivity contribution in [3.8, 4) is 11.5 Å². The fourth-order valence-corrected chi connectivity index (χ4v) is 5.64. The van der Waals surface area contributed by atoms with Gasteiger partial charge in [0.1, 0.15) is 17.6 Å². The van der Waals surface area contributed by atoms with Crippen LogP contribution in [0.2, 0.25) is 10.0 Å². The molecule has 0 aliphatic carbocycles. The largest absolute Gasteiger partial charge is 0.444 e. The summed E-state index contributed by atoms with van der Waals surface area (Å²) >= 11 is 11.7. The molecule has 3 heterocycles. The number of rotatable bonds is 6. The molecule has 222 valence electrons. The van der Waals surface area contributed by atoms with Gasteiger partial charge in [0.15, 0.2) is 5.82 Å². The Balaban J connectivity index is 1.70. The van der Waals surface area contributed by atoms with Gasteiger partial charge in [0, 0.05) is 19.9 Å². The second-order valence-corrected chi connectivity index (χ2v) is 12.6. The maximum absolute atomic E-state index is 13.4. The minimum atomic E-state index is -4.88. The number of halogens is 5. The van der Waals surface area contributed by atoms with E-state index in [1.807, 2.05) is 0 Å². The van der Waals surface area contributed by atoms with Crippen LogP contribution in [0.3, 0.4) is 0 Å². The highest BCUT2D eigenvalue weighted by molar-refractivity contribution is 7.92. The Morgan fingerprint density at radius 3 is 2.49 bits per heavy atom. The van der Waals surface area contributed by atoms with Gasteiger partial charge in [0.05, 0.1) is 44.9 Å². The molecule has 1 aliphatic rings. The molecule has 0 unspecified atom stereocenters. The molecule has 0 saturated carbocycles. The number of hydrogen-bond acceptors (Lipinski definition) is 8. The molecule has 11 nitrogen and oxygen atoms in total. The van der Waals surface area contributed by atoms with E-state index in [1.165, 1.54) is 30.6 Å². The van der Waals surface area contributed by atoms with Gasteiger partial charge in [-0.2, -0.15) is 13.2 Å². The van der Waals surface area contributed by atoms with Crippen molar-refractivity contribution in [3.63, 3.8) is 0 Å². The molecule has 1 amide bonds. The summed E-state index contributed by atoms with van der Waals surface area (Å²) in [6.07, 6.45) is -3.33. The van der Waals surface area contributed by atoms with Crippen molar-refractivity contribution in [2.45, 2.75) is 49.6 Å². The number of alkyl halides is 3. The molecule has 2 atom stereocenters. The Hall–Kier alpha value is -3.14. The molecule has 4 rings (SSSR count). The Bertz CT molecular complexity index is 1560. The molecule has 1 fully saturated rings. The van der Waals surface area contributed by atoms with Gasteiger partial charge >= 0.3 is 12.3 Å². The average molecular weight is 637 g/mol. The van der Waals surface area contributed by atoms with Gasteiger partial charge in [-0.1, -0.05) is 23.2 Å². The van der Waals surface area contributed by atoms with E-state index in [2.05, 4.69) is 19.9 Å².